The molecule has 1 rings (SSSR count). The molecule has 0 amide bonds. The molecule has 0 radical (unpaired) electrons. The normalized spacial score (nSPS) is 12.2. The molecular weight excluding hydrogens is 200 g/mol. The van der Waals surface area contributed by atoms with Crippen LogP contribution in [0.5, 0.6) is 0 Å². The van der Waals surface area contributed by atoms with Crippen molar-refractivity contribution in [2.75, 3.05) is 6.61 Å². The van der Waals surface area contributed by atoms with Crippen molar-refractivity contribution < 1.29 is 24.8 Å². The van der Waals surface area contributed by atoms with Gasteiger partial charge in [-0.05, 0) is 19.1 Å². The SMILES string of the molecule is CCOC(=O)c1ccc(C(O)OO)cc1. The first-order valence-electron chi connectivity index (χ1n) is 4.44. The molecule has 0 spiro atoms. The monoisotopic (exact) mass is 212 g/mol. The first-order chi connectivity index (χ1) is 7.19. The zero-order valence-corrected chi connectivity index (χ0v) is 8.21. The van der Waals surface area contributed by atoms with Gasteiger partial charge in [-0.1, -0.05) is 12.1 Å². The number of ether oxygens (including phenoxy) is 1. The summed E-state index contributed by atoms with van der Waals surface area (Å²) in [5, 5.41) is 17.3. The summed E-state index contributed by atoms with van der Waals surface area (Å²) < 4.78 is 4.77. The molecule has 1 atom stereocenters. The predicted molar refractivity (Wildman–Crippen MR) is 51.1 cm³/mol. The molecule has 5 heteroatoms. The second-order valence-electron chi connectivity index (χ2n) is 2.80. The van der Waals surface area contributed by atoms with Gasteiger partial charge in [-0.25, -0.2) is 14.9 Å². The molecule has 5 nitrogen and oxygen atoms in total. The van der Waals surface area contributed by atoms with Gasteiger partial charge in [0, 0.05) is 5.56 Å². The lowest BCUT2D eigenvalue weighted by Crippen LogP contribution is -2.05. The van der Waals surface area contributed by atoms with Crippen molar-refractivity contribution in [2.24, 2.45) is 0 Å². The maximum absolute atomic E-state index is 11.2. The quantitative estimate of drug-likeness (QED) is 0.341. The van der Waals surface area contributed by atoms with Gasteiger partial charge in [-0.2, -0.15) is 0 Å². The fourth-order valence-electron chi connectivity index (χ4n) is 1.06. The van der Waals surface area contributed by atoms with Crippen LogP contribution in [-0.4, -0.2) is 22.9 Å². The number of aliphatic hydroxyl groups excluding tert-OH is 1. The lowest BCUT2D eigenvalue weighted by atomic mass is 10.1. The Balaban J connectivity index is 2.76. The van der Waals surface area contributed by atoms with Gasteiger partial charge in [-0.15, -0.1) is 0 Å². The Morgan fingerprint density at radius 3 is 2.47 bits per heavy atom. The average Bonchev–Trinajstić information content (AvgIpc) is 2.28. The fourth-order valence-corrected chi connectivity index (χ4v) is 1.06. The summed E-state index contributed by atoms with van der Waals surface area (Å²) in [6, 6.07) is 5.89. The van der Waals surface area contributed by atoms with Crippen LogP contribution in [-0.2, 0) is 9.62 Å². The summed E-state index contributed by atoms with van der Waals surface area (Å²) in [4.78, 5) is 15.0. The van der Waals surface area contributed by atoms with E-state index >= 15 is 0 Å². The topological polar surface area (TPSA) is 76.0 Å². The highest BCUT2D eigenvalue weighted by Crippen LogP contribution is 2.14. The zero-order valence-electron chi connectivity index (χ0n) is 8.21. The van der Waals surface area contributed by atoms with Gasteiger partial charge in [0.2, 0.25) is 6.29 Å². The maximum atomic E-state index is 11.2. The third-order valence-corrected chi connectivity index (χ3v) is 1.81. The van der Waals surface area contributed by atoms with E-state index in [0.29, 0.717) is 17.7 Å². The molecule has 1 aromatic carbocycles. The summed E-state index contributed by atoms with van der Waals surface area (Å²) in [6.07, 6.45) is -1.40. The number of hydrogen-bond donors (Lipinski definition) is 2. The Kier molecular flexibility index (Phi) is 4.23. The van der Waals surface area contributed by atoms with Crippen molar-refractivity contribution in [1.82, 2.24) is 0 Å². The third kappa shape index (κ3) is 3.02. The van der Waals surface area contributed by atoms with E-state index in [4.69, 9.17) is 15.1 Å². The summed E-state index contributed by atoms with van der Waals surface area (Å²) in [6.45, 7) is 2.03. The first kappa shape index (κ1) is 11.6. The van der Waals surface area contributed by atoms with E-state index in [9.17, 15) is 4.79 Å². The number of carbonyl (C=O) groups is 1. The van der Waals surface area contributed by atoms with Gasteiger partial charge in [0.05, 0.1) is 12.2 Å². The van der Waals surface area contributed by atoms with Crippen molar-refractivity contribution in [3.8, 4) is 0 Å². The Hall–Kier alpha value is -1.43. The van der Waals surface area contributed by atoms with Crippen LogP contribution in [0.1, 0.15) is 29.1 Å². The fraction of sp³-hybridized carbons (Fsp3) is 0.300. The zero-order chi connectivity index (χ0) is 11.3. The average molecular weight is 212 g/mol. The minimum absolute atomic E-state index is 0.308. The number of carbonyl (C=O) groups excluding carboxylic acids is 1. The number of hydrogen-bond acceptors (Lipinski definition) is 5. The molecule has 0 aliphatic rings. The first-order valence-corrected chi connectivity index (χ1v) is 4.44. The molecule has 1 unspecified atom stereocenters. The minimum Gasteiger partial charge on any atom is -0.462 e. The van der Waals surface area contributed by atoms with E-state index < -0.39 is 12.3 Å². The number of esters is 1. The van der Waals surface area contributed by atoms with E-state index in [-0.39, 0.29) is 0 Å². The standard InChI is InChI=1S/C10H12O5/c1-2-14-9(11)7-3-5-8(6-4-7)10(12)15-13/h3-6,10,12-13H,2H2,1H3. The van der Waals surface area contributed by atoms with E-state index in [1.54, 1.807) is 6.92 Å². The van der Waals surface area contributed by atoms with Crippen LogP contribution < -0.4 is 0 Å². The highest BCUT2D eigenvalue weighted by atomic mass is 17.1. The van der Waals surface area contributed by atoms with Crippen molar-refractivity contribution in [2.45, 2.75) is 13.2 Å². The van der Waals surface area contributed by atoms with Crippen molar-refractivity contribution in [1.29, 1.82) is 0 Å². The highest BCUT2D eigenvalue weighted by Gasteiger charge is 2.09. The Morgan fingerprint density at radius 1 is 1.40 bits per heavy atom. The largest absolute Gasteiger partial charge is 0.462 e. The van der Waals surface area contributed by atoms with Crippen molar-refractivity contribution in [3.63, 3.8) is 0 Å². The molecule has 0 saturated carbocycles. The van der Waals surface area contributed by atoms with Crippen LogP contribution in [0.25, 0.3) is 0 Å². The molecule has 1 aromatic rings. The Morgan fingerprint density at radius 2 is 2.00 bits per heavy atom. The highest BCUT2D eigenvalue weighted by molar-refractivity contribution is 5.89. The smallest absolute Gasteiger partial charge is 0.338 e. The second-order valence-corrected chi connectivity index (χ2v) is 2.80. The van der Waals surface area contributed by atoms with Gasteiger partial charge in [0.15, 0.2) is 0 Å². The second kappa shape index (κ2) is 5.45. The van der Waals surface area contributed by atoms with Crippen molar-refractivity contribution >= 4 is 5.97 Å². The van der Waals surface area contributed by atoms with Gasteiger partial charge >= 0.3 is 5.97 Å². The molecule has 0 saturated heterocycles. The molecule has 0 fully saturated rings. The number of aliphatic hydroxyl groups is 1. The van der Waals surface area contributed by atoms with Gasteiger partial charge in [-0.3, -0.25) is 0 Å². The van der Waals surface area contributed by atoms with Crippen molar-refractivity contribution in [3.05, 3.63) is 35.4 Å². The van der Waals surface area contributed by atoms with Crippen LogP contribution in [0.3, 0.4) is 0 Å². The molecule has 0 aromatic heterocycles. The van der Waals surface area contributed by atoms with Gasteiger partial charge in [0.25, 0.3) is 0 Å². The molecule has 0 aliphatic carbocycles. The van der Waals surface area contributed by atoms with Crippen LogP contribution in [0.2, 0.25) is 0 Å². The van der Waals surface area contributed by atoms with E-state index in [0.717, 1.165) is 0 Å². The summed E-state index contributed by atoms with van der Waals surface area (Å²) in [5.74, 6) is -0.427. The molecule has 0 aliphatic heterocycles. The predicted octanol–water partition coefficient (Wildman–Crippen LogP) is 1.34. The molecule has 0 bridgehead atoms. The van der Waals surface area contributed by atoms with E-state index in [1.807, 2.05) is 0 Å². The maximum Gasteiger partial charge on any atom is 0.338 e. The minimum atomic E-state index is -1.40. The summed E-state index contributed by atoms with van der Waals surface area (Å²) in [7, 11) is 0. The summed E-state index contributed by atoms with van der Waals surface area (Å²) in [5.41, 5.74) is 0.733. The molecular formula is C10H12O5. The molecule has 0 heterocycles. The Labute approximate surface area is 86.8 Å². The van der Waals surface area contributed by atoms with Gasteiger partial charge < -0.3 is 9.84 Å². The molecule has 2 N–H and O–H groups in total. The molecule has 15 heavy (non-hydrogen) atoms. The van der Waals surface area contributed by atoms with E-state index in [1.165, 1.54) is 24.3 Å². The number of benzene rings is 1. The van der Waals surface area contributed by atoms with Crippen LogP contribution in [0.15, 0.2) is 24.3 Å². The number of rotatable bonds is 4. The molecule has 82 valence electrons. The van der Waals surface area contributed by atoms with Crippen LogP contribution in [0.4, 0.5) is 0 Å². The van der Waals surface area contributed by atoms with Crippen LogP contribution >= 0.6 is 0 Å². The Bertz CT molecular complexity index is 319. The third-order valence-electron chi connectivity index (χ3n) is 1.81. The lowest BCUT2D eigenvalue weighted by Gasteiger charge is -2.07. The van der Waals surface area contributed by atoms with Gasteiger partial charge in [0.1, 0.15) is 0 Å². The summed E-state index contributed by atoms with van der Waals surface area (Å²) >= 11 is 0. The van der Waals surface area contributed by atoms with Crippen LogP contribution in [0, 0.1) is 0 Å². The van der Waals surface area contributed by atoms with E-state index in [2.05, 4.69) is 4.89 Å². The lowest BCUT2D eigenvalue weighted by molar-refractivity contribution is -0.339.